The lowest BCUT2D eigenvalue weighted by Gasteiger charge is -2.33. The maximum atomic E-state index is 13.6. The standard InChI is InChI=1S/C29H28FN7O/c1-18-17-37(12-11-31-18)21-6-4-20(5-7-21)35-29-34-15-24(19-3-10-27(30)33-14-19)28(36-29)25-16-32-26-13-22(38-2)8-9-23(25)26/h3-10,13-16,18,31-32H,11-12,17H2,1-2H3,(H,34,35,36)/t18-/m0/s1. The molecule has 4 heterocycles. The zero-order chi connectivity index (χ0) is 26.1. The number of hydrogen-bond acceptors (Lipinski definition) is 7. The summed E-state index contributed by atoms with van der Waals surface area (Å²) < 4.78 is 18.9. The van der Waals surface area contributed by atoms with Crippen LogP contribution in [0.15, 0.2) is 73.2 Å². The molecule has 3 N–H and O–H groups in total. The molecule has 1 aliphatic rings. The molecular formula is C29H28FN7O. The molecule has 0 spiro atoms. The Morgan fingerprint density at radius 2 is 1.89 bits per heavy atom. The Morgan fingerprint density at radius 1 is 1.03 bits per heavy atom. The van der Waals surface area contributed by atoms with Gasteiger partial charge >= 0.3 is 0 Å². The monoisotopic (exact) mass is 509 g/mol. The number of methoxy groups -OCH3 is 1. The van der Waals surface area contributed by atoms with Crippen LogP contribution < -0.4 is 20.3 Å². The van der Waals surface area contributed by atoms with E-state index in [1.807, 2.05) is 36.5 Å². The lowest BCUT2D eigenvalue weighted by Crippen LogP contribution is -2.49. The van der Waals surface area contributed by atoms with Gasteiger partial charge in [-0.15, -0.1) is 0 Å². The first kappa shape index (κ1) is 23.9. The summed E-state index contributed by atoms with van der Waals surface area (Å²) in [5, 5.41) is 7.80. The van der Waals surface area contributed by atoms with E-state index in [0.717, 1.165) is 58.7 Å². The van der Waals surface area contributed by atoms with Gasteiger partial charge in [-0.1, -0.05) is 0 Å². The van der Waals surface area contributed by atoms with Crippen molar-refractivity contribution in [2.75, 3.05) is 37.0 Å². The Morgan fingerprint density at radius 3 is 2.66 bits per heavy atom. The number of halogens is 1. The van der Waals surface area contributed by atoms with E-state index in [2.05, 4.69) is 49.5 Å². The highest BCUT2D eigenvalue weighted by Crippen LogP contribution is 2.36. The average Bonchev–Trinajstić information content (AvgIpc) is 3.37. The molecule has 1 saturated heterocycles. The third-order valence-electron chi connectivity index (χ3n) is 6.83. The summed E-state index contributed by atoms with van der Waals surface area (Å²) in [5.41, 5.74) is 6.10. The molecule has 0 amide bonds. The van der Waals surface area contributed by atoms with Crippen LogP contribution in [0.5, 0.6) is 5.75 Å². The molecule has 0 saturated carbocycles. The number of nitrogens with one attached hydrogen (secondary N) is 3. The van der Waals surface area contributed by atoms with E-state index in [-0.39, 0.29) is 0 Å². The second-order valence-electron chi connectivity index (χ2n) is 9.41. The summed E-state index contributed by atoms with van der Waals surface area (Å²) in [7, 11) is 1.64. The molecule has 9 heteroatoms. The van der Waals surface area contributed by atoms with Crippen molar-refractivity contribution in [1.82, 2.24) is 25.3 Å². The van der Waals surface area contributed by atoms with E-state index in [1.165, 1.54) is 18.0 Å². The minimum absolute atomic E-state index is 0.463. The Bertz CT molecular complexity index is 1570. The van der Waals surface area contributed by atoms with E-state index < -0.39 is 5.95 Å². The Kier molecular flexibility index (Phi) is 6.35. The summed E-state index contributed by atoms with van der Waals surface area (Å²) in [5.74, 6) is 0.690. The molecule has 3 aromatic heterocycles. The second kappa shape index (κ2) is 10.1. The van der Waals surface area contributed by atoms with Crippen LogP contribution in [-0.2, 0) is 0 Å². The molecule has 1 atom stereocenters. The van der Waals surface area contributed by atoms with Crippen LogP contribution in [0.3, 0.4) is 0 Å². The quantitative estimate of drug-likeness (QED) is 0.265. The van der Waals surface area contributed by atoms with Crippen LogP contribution in [0.25, 0.3) is 33.3 Å². The average molecular weight is 510 g/mol. The topological polar surface area (TPSA) is 91.0 Å². The number of piperazine rings is 1. The van der Waals surface area contributed by atoms with Gasteiger partial charge in [0.25, 0.3) is 0 Å². The molecule has 5 aromatic rings. The van der Waals surface area contributed by atoms with Gasteiger partial charge in [0.05, 0.1) is 12.8 Å². The first-order valence-electron chi connectivity index (χ1n) is 12.6. The molecule has 38 heavy (non-hydrogen) atoms. The maximum Gasteiger partial charge on any atom is 0.227 e. The summed E-state index contributed by atoms with van der Waals surface area (Å²) in [6.07, 6.45) is 5.16. The zero-order valence-electron chi connectivity index (χ0n) is 21.2. The number of nitrogens with zero attached hydrogens (tertiary/aromatic N) is 4. The highest BCUT2D eigenvalue weighted by molar-refractivity contribution is 5.99. The molecule has 6 rings (SSSR count). The third-order valence-corrected chi connectivity index (χ3v) is 6.83. The number of fused-ring (bicyclic) bond motifs is 1. The number of pyridine rings is 1. The smallest absolute Gasteiger partial charge is 0.227 e. The Labute approximate surface area is 219 Å². The fourth-order valence-electron chi connectivity index (χ4n) is 4.87. The van der Waals surface area contributed by atoms with Crippen LogP contribution in [-0.4, -0.2) is 52.7 Å². The lowest BCUT2D eigenvalue weighted by atomic mass is 10.0. The van der Waals surface area contributed by atoms with Crippen molar-refractivity contribution in [1.29, 1.82) is 0 Å². The normalized spacial score (nSPS) is 15.6. The number of aromatic nitrogens is 4. The number of rotatable bonds is 6. The first-order chi connectivity index (χ1) is 18.6. The molecule has 2 aromatic carbocycles. The molecular weight excluding hydrogens is 481 g/mol. The van der Waals surface area contributed by atoms with E-state index >= 15 is 0 Å². The van der Waals surface area contributed by atoms with Crippen LogP contribution in [0.2, 0.25) is 0 Å². The number of H-pyrrole nitrogens is 1. The van der Waals surface area contributed by atoms with Gasteiger partial charge in [-0.2, -0.15) is 4.39 Å². The molecule has 0 unspecified atom stereocenters. The fourth-order valence-corrected chi connectivity index (χ4v) is 4.87. The van der Waals surface area contributed by atoms with Crippen LogP contribution in [0, 0.1) is 5.95 Å². The minimum Gasteiger partial charge on any atom is -0.497 e. The number of benzene rings is 2. The molecule has 1 aliphatic heterocycles. The van der Waals surface area contributed by atoms with Crippen LogP contribution in [0.1, 0.15) is 6.92 Å². The Balaban J connectivity index is 1.35. The van der Waals surface area contributed by atoms with Crippen molar-refractivity contribution in [3.8, 4) is 28.1 Å². The predicted molar refractivity (Wildman–Crippen MR) is 148 cm³/mol. The largest absolute Gasteiger partial charge is 0.497 e. The number of anilines is 3. The second-order valence-corrected chi connectivity index (χ2v) is 9.41. The Hall–Kier alpha value is -4.50. The van der Waals surface area contributed by atoms with Gasteiger partial charge in [-0.25, -0.2) is 15.0 Å². The van der Waals surface area contributed by atoms with Crippen molar-refractivity contribution in [2.24, 2.45) is 0 Å². The summed E-state index contributed by atoms with van der Waals surface area (Å²) >= 11 is 0. The number of aromatic amines is 1. The maximum absolute atomic E-state index is 13.6. The van der Waals surface area contributed by atoms with Gasteiger partial charge in [0.2, 0.25) is 11.9 Å². The van der Waals surface area contributed by atoms with Gasteiger partial charge in [0.15, 0.2) is 0 Å². The minimum atomic E-state index is -0.535. The molecule has 1 fully saturated rings. The highest BCUT2D eigenvalue weighted by atomic mass is 19.1. The number of hydrogen-bond donors (Lipinski definition) is 3. The zero-order valence-corrected chi connectivity index (χ0v) is 21.2. The van der Waals surface area contributed by atoms with Crippen molar-refractivity contribution >= 4 is 28.2 Å². The summed E-state index contributed by atoms with van der Waals surface area (Å²) in [4.78, 5) is 19.0. The van der Waals surface area contributed by atoms with E-state index in [0.29, 0.717) is 17.7 Å². The summed E-state index contributed by atoms with van der Waals surface area (Å²) in [6.45, 7) is 5.15. The fraction of sp³-hybridized carbons (Fsp3) is 0.207. The molecule has 8 nitrogen and oxygen atoms in total. The van der Waals surface area contributed by atoms with Gasteiger partial charge in [0, 0.05) is 89.3 Å². The number of ether oxygens (including phenoxy) is 1. The van der Waals surface area contributed by atoms with E-state index in [9.17, 15) is 4.39 Å². The molecule has 0 radical (unpaired) electrons. The van der Waals surface area contributed by atoms with E-state index in [1.54, 1.807) is 19.4 Å². The first-order valence-corrected chi connectivity index (χ1v) is 12.6. The molecule has 192 valence electrons. The van der Waals surface area contributed by atoms with Gasteiger partial charge in [-0.05, 0) is 55.5 Å². The van der Waals surface area contributed by atoms with Gasteiger partial charge < -0.3 is 25.3 Å². The van der Waals surface area contributed by atoms with Crippen molar-refractivity contribution in [3.63, 3.8) is 0 Å². The summed E-state index contributed by atoms with van der Waals surface area (Å²) in [6, 6.07) is 17.7. The van der Waals surface area contributed by atoms with Gasteiger partial charge in [0.1, 0.15) is 5.75 Å². The predicted octanol–water partition coefficient (Wildman–Crippen LogP) is 5.38. The third kappa shape index (κ3) is 4.76. The molecule has 0 bridgehead atoms. The van der Waals surface area contributed by atoms with Crippen molar-refractivity contribution in [2.45, 2.75) is 13.0 Å². The van der Waals surface area contributed by atoms with Crippen LogP contribution >= 0.6 is 0 Å². The van der Waals surface area contributed by atoms with Crippen LogP contribution in [0.4, 0.5) is 21.7 Å². The van der Waals surface area contributed by atoms with Gasteiger partial charge in [-0.3, -0.25) is 0 Å². The van der Waals surface area contributed by atoms with Crippen molar-refractivity contribution in [3.05, 3.63) is 79.1 Å². The molecule has 0 aliphatic carbocycles. The highest BCUT2D eigenvalue weighted by Gasteiger charge is 2.18. The lowest BCUT2D eigenvalue weighted by molar-refractivity contribution is 0.415. The van der Waals surface area contributed by atoms with Crippen molar-refractivity contribution < 1.29 is 9.13 Å². The van der Waals surface area contributed by atoms with E-state index in [4.69, 9.17) is 9.72 Å². The SMILES string of the molecule is COc1ccc2c(-c3nc(Nc4ccc(N5CCN[C@@H](C)C5)cc4)ncc3-c3ccc(F)nc3)c[nH]c2c1.